The summed E-state index contributed by atoms with van der Waals surface area (Å²) in [6, 6.07) is -1.45. The van der Waals surface area contributed by atoms with Gasteiger partial charge in [-0.2, -0.15) is 0 Å². The molecule has 1 rings (SSSR count). The molecule has 0 aromatic rings. The van der Waals surface area contributed by atoms with Crippen molar-refractivity contribution >= 4 is 29.6 Å². The highest BCUT2D eigenvalue weighted by Gasteiger charge is 2.43. The van der Waals surface area contributed by atoms with Crippen LogP contribution in [0.1, 0.15) is 20.3 Å². The number of hydrogen-bond donors (Lipinski definition) is 1. The van der Waals surface area contributed by atoms with Gasteiger partial charge in [0.05, 0.1) is 6.42 Å². The second-order valence-corrected chi connectivity index (χ2v) is 3.84. The fourth-order valence-corrected chi connectivity index (χ4v) is 1.76. The van der Waals surface area contributed by atoms with Gasteiger partial charge in [-0.1, -0.05) is 0 Å². The summed E-state index contributed by atoms with van der Waals surface area (Å²) in [6.45, 7) is 1.61. The molecule has 98 valence electrons. The molecule has 0 aromatic carbocycles. The third-order valence-electron chi connectivity index (χ3n) is 2.51. The Kier molecular flexibility index (Phi) is 3.79. The Hall–Kier alpha value is -2.25. The number of carboxylic acids is 1. The van der Waals surface area contributed by atoms with Gasteiger partial charge in [0.1, 0.15) is 12.6 Å². The van der Waals surface area contributed by atoms with E-state index in [1.54, 1.807) is 0 Å². The first-order valence-corrected chi connectivity index (χ1v) is 5.12. The number of amides is 4. The van der Waals surface area contributed by atoms with E-state index in [0.29, 0.717) is 9.80 Å². The number of carbonyl (C=O) groups is 5. The monoisotopic (exact) mass is 256 g/mol. The molecular weight excluding hydrogens is 244 g/mol. The molecule has 0 bridgehead atoms. The van der Waals surface area contributed by atoms with Gasteiger partial charge in [-0.3, -0.25) is 33.8 Å². The number of carboxylic acid groups (broad SMARTS) is 1. The standard InChI is InChI=1S/C10H12N2O6/c1-5(13)11-4-8(15)12(6(2)14)7(10(11)18)3-9(16)17/h7H,3-4H2,1-2H3,(H,16,17). The van der Waals surface area contributed by atoms with E-state index < -0.39 is 48.6 Å². The average molecular weight is 256 g/mol. The minimum Gasteiger partial charge on any atom is -0.481 e. The largest absolute Gasteiger partial charge is 0.481 e. The molecule has 8 heteroatoms. The molecule has 1 heterocycles. The van der Waals surface area contributed by atoms with Gasteiger partial charge in [-0.15, -0.1) is 0 Å². The number of nitrogens with zero attached hydrogens (tertiary/aromatic N) is 2. The highest BCUT2D eigenvalue weighted by molar-refractivity contribution is 6.10. The SMILES string of the molecule is CC(=O)N1CC(=O)N(C(C)=O)C(CC(=O)O)C1=O. The van der Waals surface area contributed by atoms with Crippen molar-refractivity contribution in [1.29, 1.82) is 0 Å². The summed E-state index contributed by atoms with van der Waals surface area (Å²) in [5, 5.41) is 8.69. The van der Waals surface area contributed by atoms with Crippen molar-refractivity contribution in [2.75, 3.05) is 6.54 Å². The van der Waals surface area contributed by atoms with E-state index in [4.69, 9.17) is 5.11 Å². The topological polar surface area (TPSA) is 112 Å². The van der Waals surface area contributed by atoms with Gasteiger partial charge in [0.15, 0.2) is 0 Å². The summed E-state index contributed by atoms with van der Waals surface area (Å²) < 4.78 is 0. The van der Waals surface area contributed by atoms with Crippen LogP contribution in [-0.2, 0) is 24.0 Å². The minimum absolute atomic E-state index is 0.538. The first-order valence-electron chi connectivity index (χ1n) is 5.12. The van der Waals surface area contributed by atoms with Crippen LogP contribution in [0.25, 0.3) is 0 Å². The molecule has 0 radical (unpaired) electrons. The maximum atomic E-state index is 11.9. The molecule has 1 atom stereocenters. The maximum absolute atomic E-state index is 11.9. The van der Waals surface area contributed by atoms with Crippen LogP contribution in [0.2, 0.25) is 0 Å². The Morgan fingerprint density at radius 3 is 2.17 bits per heavy atom. The van der Waals surface area contributed by atoms with Gasteiger partial charge >= 0.3 is 5.97 Å². The molecular formula is C10H12N2O6. The van der Waals surface area contributed by atoms with E-state index in [1.807, 2.05) is 0 Å². The van der Waals surface area contributed by atoms with Gasteiger partial charge in [-0.05, 0) is 0 Å². The van der Waals surface area contributed by atoms with Crippen molar-refractivity contribution in [1.82, 2.24) is 9.80 Å². The lowest BCUT2D eigenvalue weighted by Crippen LogP contribution is -2.62. The smallest absolute Gasteiger partial charge is 0.306 e. The molecule has 1 aliphatic rings. The van der Waals surface area contributed by atoms with E-state index >= 15 is 0 Å². The first-order chi connectivity index (χ1) is 8.25. The molecule has 4 amide bonds. The quantitative estimate of drug-likeness (QED) is 0.649. The molecule has 1 aliphatic heterocycles. The van der Waals surface area contributed by atoms with Crippen LogP contribution in [0.5, 0.6) is 0 Å². The van der Waals surface area contributed by atoms with E-state index in [2.05, 4.69) is 0 Å². The lowest BCUT2D eigenvalue weighted by Gasteiger charge is -2.36. The Bertz CT molecular complexity index is 444. The molecule has 0 spiro atoms. The zero-order chi connectivity index (χ0) is 14.0. The van der Waals surface area contributed by atoms with Crippen molar-refractivity contribution in [2.45, 2.75) is 26.3 Å². The molecule has 1 saturated heterocycles. The number of rotatable bonds is 2. The Morgan fingerprint density at radius 1 is 1.22 bits per heavy atom. The second kappa shape index (κ2) is 4.94. The van der Waals surface area contributed by atoms with Crippen LogP contribution >= 0.6 is 0 Å². The highest BCUT2D eigenvalue weighted by Crippen LogP contribution is 2.16. The predicted molar refractivity (Wildman–Crippen MR) is 56.0 cm³/mol. The minimum atomic E-state index is -1.45. The van der Waals surface area contributed by atoms with Gasteiger partial charge in [0.2, 0.25) is 17.7 Å². The van der Waals surface area contributed by atoms with Crippen molar-refractivity contribution in [3.63, 3.8) is 0 Å². The average Bonchev–Trinajstić information content (AvgIpc) is 2.21. The number of piperazine rings is 1. The molecule has 1 N–H and O–H groups in total. The lowest BCUT2D eigenvalue weighted by atomic mass is 10.1. The number of aliphatic carboxylic acids is 1. The zero-order valence-electron chi connectivity index (χ0n) is 9.87. The summed E-state index contributed by atoms with van der Waals surface area (Å²) in [4.78, 5) is 57.9. The summed E-state index contributed by atoms with van der Waals surface area (Å²) in [5.74, 6) is -4.32. The van der Waals surface area contributed by atoms with Crippen LogP contribution in [0.3, 0.4) is 0 Å². The van der Waals surface area contributed by atoms with Crippen molar-refractivity contribution in [2.24, 2.45) is 0 Å². The summed E-state index contributed by atoms with van der Waals surface area (Å²) in [7, 11) is 0. The molecule has 1 fully saturated rings. The van der Waals surface area contributed by atoms with Gasteiger partial charge < -0.3 is 5.11 Å². The summed E-state index contributed by atoms with van der Waals surface area (Å²) in [6.07, 6.45) is -0.714. The molecule has 1 unspecified atom stereocenters. The zero-order valence-corrected chi connectivity index (χ0v) is 9.87. The fourth-order valence-electron chi connectivity index (χ4n) is 1.76. The maximum Gasteiger partial charge on any atom is 0.306 e. The Labute approximate surface area is 102 Å². The van der Waals surface area contributed by atoms with Crippen molar-refractivity contribution < 1.29 is 29.1 Å². The Balaban J connectivity index is 3.12. The number of carbonyl (C=O) groups excluding carboxylic acids is 4. The van der Waals surface area contributed by atoms with Crippen LogP contribution < -0.4 is 0 Å². The number of imide groups is 2. The van der Waals surface area contributed by atoms with Crippen LogP contribution in [0.4, 0.5) is 0 Å². The van der Waals surface area contributed by atoms with Crippen molar-refractivity contribution in [3.05, 3.63) is 0 Å². The third-order valence-corrected chi connectivity index (χ3v) is 2.51. The van der Waals surface area contributed by atoms with E-state index in [0.717, 1.165) is 13.8 Å². The normalized spacial score (nSPS) is 20.0. The van der Waals surface area contributed by atoms with Crippen LogP contribution in [-0.4, -0.2) is 57.1 Å². The molecule has 0 saturated carbocycles. The third kappa shape index (κ3) is 2.53. The molecule has 0 aliphatic carbocycles. The van der Waals surface area contributed by atoms with Crippen molar-refractivity contribution in [3.8, 4) is 0 Å². The number of hydrogen-bond acceptors (Lipinski definition) is 5. The van der Waals surface area contributed by atoms with Gasteiger partial charge in [0, 0.05) is 13.8 Å². The summed E-state index contributed by atoms with van der Waals surface area (Å²) in [5.41, 5.74) is 0. The molecule has 18 heavy (non-hydrogen) atoms. The van der Waals surface area contributed by atoms with Gasteiger partial charge in [-0.25, -0.2) is 0 Å². The highest BCUT2D eigenvalue weighted by atomic mass is 16.4. The van der Waals surface area contributed by atoms with Gasteiger partial charge in [0.25, 0.3) is 5.91 Å². The van der Waals surface area contributed by atoms with Crippen LogP contribution in [0.15, 0.2) is 0 Å². The van der Waals surface area contributed by atoms with E-state index in [1.165, 1.54) is 0 Å². The Morgan fingerprint density at radius 2 is 1.78 bits per heavy atom. The van der Waals surface area contributed by atoms with E-state index in [-0.39, 0.29) is 0 Å². The lowest BCUT2D eigenvalue weighted by molar-refractivity contribution is -0.167. The second-order valence-electron chi connectivity index (χ2n) is 3.84. The van der Waals surface area contributed by atoms with E-state index in [9.17, 15) is 24.0 Å². The molecule has 8 nitrogen and oxygen atoms in total. The first kappa shape index (κ1) is 13.8. The summed E-state index contributed by atoms with van der Waals surface area (Å²) >= 11 is 0. The fraction of sp³-hybridized carbons (Fsp3) is 0.500. The van der Waals surface area contributed by atoms with Crippen LogP contribution in [0, 0.1) is 0 Å². The molecule has 0 aromatic heterocycles. The predicted octanol–water partition coefficient (Wildman–Crippen LogP) is -1.41.